The Kier molecular flexibility index (Phi) is 7.26. The smallest absolute Gasteiger partial charge is 0.255 e. The largest absolute Gasteiger partial charge is 0.337 e. The number of nitrogens with zero attached hydrogens (tertiary/aromatic N) is 2. The van der Waals surface area contributed by atoms with Crippen molar-refractivity contribution in [2.45, 2.75) is 44.7 Å². The fraction of sp³-hybridized carbons (Fsp3) is 0.381. The summed E-state index contributed by atoms with van der Waals surface area (Å²) in [5.41, 5.74) is 2.40. The summed E-state index contributed by atoms with van der Waals surface area (Å²) < 4.78 is 26.7. The molecule has 0 radical (unpaired) electrons. The molecule has 5 nitrogen and oxygen atoms in total. The van der Waals surface area contributed by atoms with Crippen molar-refractivity contribution >= 4 is 27.5 Å². The molecule has 0 heterocycles. The van der Waals surface area contributed by atoms with E-state index in [0.717, 1.165) is 12.0 Å². The first-order valence-electron chi connectivity index (χ1n) is 9.18. The number of carbonyl (C=O) groups is 1. The summed E-state index contributed by atoms with van der Waals surface area (Å²) in [5.74, 6) is -0.325. The van der Waals surface area contributed by atoms with Gasteiger partial charge in [0.25, 0.3) is 5.91 Å². The molecule has 0 unspecified atom stereocenters. The topological polar surface area (TPSA) is 57.7 Å². The average molecular weight is 423 g/mol. The number of rotatable bonds is 7. The molecule has 0 spiro atoms. The van der Waals surface area contributed by atoms with Crippen molar-refractivity contribution in [1.29, 1.82) is 0 Å². The van der Waals surface area contributed by atoms with Gasteiger partial charge in [0.1, 0.15) is 0 Å². The molecule has 0 aliphatic heterocycles. The Hall–Kier alpha value is -1.89. The van der Waals surface area contributed by atoms with Crippen molar-refractivity contribution in [1.82, 2.24) is 9.21 Å². The molecule has 2 aromatic rings. The number of amides is 1. The summed E-state index contributed by atoms with van der Waals surface area (Å²) in [4.78, 5) is 14.5. The highest BCUT2D eigenvalue weighted by atomic mass is 35.5. The third kappa shape index (κ3) is 4.93. The molecule has 28 heavy (non-hydrogen) atoms. The van der Waals surface area contributed by atoms with Crippen LogP contribution in [-0.2, 0) is 23.0 Å². The van der Waals surface area contributed by atoms with Crippen LogP contribution in [0.3, 0.4) is 0 Å². The van der Waals surface area contributed by atoms with E-state index in [1.165, 1.54) is 40.0 Å². The predicted octanol–water partition coefficient (Wildman–Crippen LogP) is 4.20. The van der Waals surface area contributed by atoms with Crippen molar-refractivity contribution in [2.24, 2.45) is 0 Å². The van der Waals surface area contributed by atoms with E-state index < -0.39 is 10.0 Å². The number of sulfonamides is 1. The molecule has 0 atom stereocenters. The van der Waals surface area contributed by atoms with Crippen LogP contribution in [0.4, 0.5) is 0 Å². The minimum absolute atomic E-state index is 0.0529. The van der Waals surface area contributed by atoms with Gasteiger partial charge in [0.15, 0.2) is 0 Å². The van der Waals surface area contributed by atoms with Gasteiger partial charge in [0.2, 0.25) is 10.0 Å². The van der Waals surface area contributed by atoms with Crippen LogP contribution < -0.4 is 0 Å². The zero-order chi connectivity index (χ0) is 21.1. The maximum absolute atomic E-state index is 12.9. The summed E-state index contributed by atoms with van der Waals surface area (Å²) in [5, 5.41) is 0.226. The second-order valence-electron chi connectivity index (χ2n) is 7.09. The molecular weight excluding hydrogens is 396 g/mol. The van der Waals surface area contributed by atoms with Crippen LogP contribution in [0.25, 0.3) is 0 Å². The lowest BCUT2D eigenvalue weighted by molar-refractivity contribution is 0.0785. The molecule has 7 heteroatoms. The summed E-state index contributed by atoms with van der Waals surface area (Å²) in [6.07, 6.45) is 0.955. The van der Waals surface area contributed by atoms with E-state index >= 15 is 0 Å². The Bertz CT molecular complexity index is 941. The van der Waals surface area contributed by atoms with Crippen LogP contribution in [0.1, 0.15) is 42.3 Å². The fourth-order valence-electron chi connectivity index (χ4n) is 2.70. The Morgan fingerprint density at radius 2 is 1.61 bits per heavy atom. The van der Waals surface area contributed by atoms with E-state index in [-0.39, 0.29) is 27.4 Å². The lowest BCUT2D eigenvalue weighted by Gasteiger charge is -2.22. The van der Waals surface area contributed by atoms with Crippen LogP contribution in [0, 0.1) is 0 Å². The van der Waals surface area contributed by atoms with Gasteiger partial charge in [-0.25, -0.2) is 8.42 Å². The molecule has 0 aliphatic rings. The van der Waals surface area contributed by atoms with Gasteiger partial charge in [0, 0.05) is 26.7 Å². The van der Waals surface area contributed by atoms with Crippen LogP contribution in [0.5, 0.6) is 0 Å². The van der Waals surface area contributed by atoms with E-state index in [4.69, 9.17) is 11.6 Å². The summed E-state index contributed by atoms with van der Waals surface area (Å²) in [6, 6.07) is 12.1. The maximum atomic E-state index is 12.9. The van der Waals surface area contributed by atoms with Crippen molar-refractivity contribution in [2.75, 3.05) is 14.1 Å². The molecular formula is C21H27ClN2O3S. The second-order valence-corrected chi connectivity index (χ2v) is 9.49. The van der Waals surface area contributed by atoms with E-state index in [2.05, 4.69) is 6.92 Å². The van der Waals surface area contributed by atoms with E-state index in [0.29, 0.717) is 6.54 Å². The fourth-order valence-corrected chi connectivity index (χ4v) is 4.30. The Balaban J connectivity index is 2.29. The highest BCUT2D eigenvalue weighted by Gasteiger charge is 2.25. The average Bonchev–Trinajstić information content (AvgIpc) is 2.67. The van der Waals surface area contributed by atoms with Gasteiger partial charge in [-0.1, -0.05) is 42.8 Å². The van der Waals surface area contributed by atoms with Crippen molar-refractivity contribution in [3.63, 3.8) is 0 Å². The summed E-state index contributed by atoms with van der Waals surface area (Å²) in [6.45, 7) is 6.07. The number of hydrogen-bond donors (Lipinski definition) is 0. The third-order valence-electron chi connectivity index (χ3n) is 4.77. The van der Waals surface area contributed by atoms with Gasteiger partial charge in [-0.15, -0.1) is 0 Å². The third-order valence-corrected chi connectivity index (χ3v) is 7.13. The molecule has 0 bridgehead atoms. The Labute approximate surface area is 173 Å². The Morgan fingerprint density at radius 1 is 1.04 bits per heavy atom. The number of halogens is 1. The zero-order valence-electron chi connectivity index (χ0n) is 16.9. The molecule has 0 saturated carbocycles. The molecule has 0 aromatic heterocycles. The van der Waals surface area contributed by atoms with Gasteiger partial charge < -0.3 is 4.90 Å². The van der Waals surface area contributed by atoms with Gasteiger partial charge in [-0.3, -0.25) is 4.79 Å². The van der Waals surface area contributed by atoms with Gasteiger partial charge >= 0.3 is 0 Å². The molecule has 152 valence electrons. The monoisotopic (exact) mass is 422 g/mol. The first-order valence-corrected chi connectivity index (χ1v) is 11.0. The van der Waals surface area contributed by atoms with Crippen LogP contribution in [0.15, 0.2) is 47.4 Å². The first-order chi connectivity index (χ1) is 13.1. The van der Waals surface area contributed by atoms with Crippen molar-refractivity contribution < 1.29 is 13.2 Å². The molecule has 2 aromatic carbocycles. The molecule has 2 rings (SSSR count). The van der Waals surface area contributed by atoms with Gasteiger partial charge in [-0.2, -0.15) is 4.31 Å². The van der Waals surface area contributed by atoms with E-state index in [9.17, 15) is 13.2 Å². The maximum Gasteiger partial charge on any atom is 0.255 e. The zero-order valence-corrected chi connectivity index (χ0v) is 18.5. The van der Waals surface area contributed by atoms with Gasteiger partial charge in [-0.05, 0) is 49.6 Å². The van der Waals surface area contributed by atoms with Crippen LogP contribution >= 0.6 is 11.6 Å². The minimum Gasteiger partial charge on any atom is -0.337 e. The lowest BCUT2D eigenvalue weighted by atomic mass is 10.1. The number of aryl methyl sites for hydroxylation is 1. The quantitative estimate of drug-likeness (QED) is 0.671. The molecule has 0 aliphatic carbocycles. The first kappa shape index (κ1) is 22.4. The van der Waals surface area contributed by atoms with E-state index in [1.54, 1.807) is 20.9 Å². The summed E-state index contributed by atoms with van der Waals surface area (Å²) >= 11 is 6.21. The highest BCUT2D eigenvalue weighted by Crippen LogP contribution is 2.25. The van der Waals surface area contributed by atoms with Gasteiger partial charge in [0.05, 0.1) is 15.5 Å². The van der Waals surface area contributed by atoms with E-state index in [1.807, 2.05) is 24.3 Å². The molecule has 0 fully saturated rings. The number of carbonyl (C=O) groups excluding carboxylic acids is 1. The van der Waals surface area contributed by atoms with Crippen molar-refractivity contribution in [3.05, 3.63) is 64.2 Å². The summed E-state index contributed by atoms with van der Waals surface area (Å²) in [7, 11) is -0.509. The lowest BCUT2D eigenvalue weighted by Crippen LogP contribution is -2.33. The van der Waals surface area contributed by atoms with Crippen LogP contribution in [0.2, 0.25) is 5.02 Å². The predicted molar refractivity (Wildman–Crippen MR) is 113 cm³/mol. The second kappa shape index (κ2) is 9.07. The van der Waals surface area contributed by atoms with Crippen molar-refractivity contribution in [3.8, 4) is 0 Å². The highest BCUT2D eigenvalue weighted by molar-refractivity contribution is 7.89. The minimum atomic E-state index is -3.70. The molecule has 0 saturated heterocycles. The standard InChI is InChI=1S/C21H27ClN2O3S/c1-6-16-7-9-17(10-8-16)14-23(4)21(25)19-13-18(11-12-20(19)22)28(26,27)24(5)15(2)3/h7-13,15H,6,14H2,1-5H3. The number of benzene rings is 2. The SMILES string of the molecule is CCc1ccc(CN(C)C(=O)c2cc(S(=O)(=O)N(C)C(C)C)ccc2Cl)cc1. The Morgan fingerprint density at radius 3 is 2.14 bits per heavy atom. The van der Waals surface area contributed by atoms with Crippen LogP contribution in [-0.4, -0.2) is 43.7 Å². The number of hydrogen-bond acceptors (Lipinski definition) is 3. The normalized spacial score (nSPS) is 11.9. The molecule has 0 N–H and O–H groups in total. The molecule has 1 amide bonds.